The third-order valence-electron chi connectivity index (χ3n) is 2.93. The lowest BCUT2D eigenvalue weighted by Gasteiger charge is -2.24. The molecule has 0 saturated heterocycles. The first-order chi connectivity index (χ1) is 11.1. The molecule has 2 amide bonds. The van der Waals surface area contributed by atoms with E-state index in [0.717, 1.165) is 11.8 Å². The highest BCUT2D eigenvalue weighted by Gasteiger charge is 2.46. The highest BCUT2D eigenvalue weighted by atomic mass is 32.2. The highest BCUT2D eigenvalue weighted by Crippen LogP contribution is 2.34. The molecule has 2 aliphatic heterocycles. The van der Waals surface area contributed by atoms with E-state index in [1.54, 1.807) is 20.8 Å². The van der Waals surface area contributed by atoms with Crippen molar-refractivity contribution in [2.75, 3.05) is 13.7 Å². The fourth-order valence-corrected chi connectivity index (χ4v) is 3.21. The summed E-state index contributed by atoms with van der Waals surface area (Å²) in [7, 11) is 1.22. The predicted octanol–water partition coefficient (Wildman–Crippen LogP) is -0.361. The van der Waals surface area contributed by atoms with Crippen molar-refractivity contribution in [2.24, 2.45) is 15.8 Å². The molecule has 0 spiro atoms. The molecule has 0 bridgehead atoms. The fourth-order valence-electron chi connectivity index (χ4n) is 2.10. The minimum absolute atomic E-state index is 0.0257. The van der Waals surface area contributed by atoms with E-state index in [2.05, 4.69) is 20.1 Å². The minimum Gasteiger partial charge on any atom is -0.459 e. The molecule has 2 heterocycles. The molecular formula is C13H19N5O5S. The summed E-state index contributed by atoms with van der Waals surface area (Å²) >= 11 is 1.15. The smallest absolute Gasteiger partial charge is 0.412 e. The van der Waals surface area contributed by atoms with Crippen LogP contribution in [0.15, 0.2) is 10.1 Å². The third kappa shape index (κ3) is 4.16. The summed E-state index contributed by atoms with van der Waals surface area (Å²) in [6.45, 7) is 5.09. The maximum absolute atomic E-state index is 12.0. The molecule has 11 heteroatoms. The van der Waals surface area contributed by atoms with Crippen molar-refractivity contribution in [3.8, 4) is 0 Å². The molecule has 10 nitrogen and oxygen atoms in total. The van der Waals surface area contributed by atoms with E-state index in [9.17, 15) is 14.4 Å². The van der Waals surface area contributed by atoms with Gasteiger partial charge in [0.05, 0.1) is 7.11 Å². The largest absolute Gasteiger partial charge is 0.459 e. The van der Waals surface area contributed by atoms with Crippen molar-refractivity contribution in [3.63, 3.8) is 0 Å². The summed E-state index contributed by atoms with van der Waals surface area (Å²) < 4.78 is 9.75. The van der Waals surface area contributed by atoms with Crippen LogP contribution in [0, 0.1) is 0 Å². The number of hydrogen-bond acceptors (Lipinski definition) is 9. The summed E-state index contributed by atoms with van der Waals surface area (Å²) in [6.07, 6.45) is -0.683. The number of alkyl carbamates (subject to hydrolysis) is 1. The number of nitrogens with two attached hydrogens (primary N) is 1. The van der Waals surface area contributed by atoms with Gasteiger partial charge in [-0.3, -0.25) is 19.9 Å². The van der Waals surface area contributed by atoms with Crippen molar-refractivity contribution < 1.29 is 23.9 Å². The number of thioether (sulfide) groups is 1. The molecule has 0 radical (unpaired) electrons. The zero-order chi connectivity index (χ0) is 18.1. The minimum atomic E-state index is -0.736. The van der Waals surface area contributed by atoms with Gasteiger partial charge in [0.1, 0.15) is 23.6 Å². The number of rotatable bonds is 3. The van der Waals surface area contributed by atoms with Crippen LogP contribution in [0.2, 0.25) is 0 Å². The molecule has 132 valence electrons. The second kappa shape index (κ2) is 6.67. The topological polar surface area (TPSA) is 136 Å². The van der Waals surface area contributed by atoms with Crippen molar-refractivity contribution in [1.82, 2.24) is 10.3 Å². The van der Waals surface area contributed by atoms with Gasteiger partial charge >= 0.3 is 12.1 Å². The van der Waals surface area contributed by atoms with Crippen LogP contribution in [0.3, 0.4) is 0 Å². The number of esters is 1. The SMILES string of the molecule is COC(=O)NC1=NC2C(C(N)=O)=NN(CC(=O)OC(C)(C)C)C2S1. The van der Waals surface area contributed by atoms with Crippen LogP contribution in [-0.2, 0) is 19.1 Å². The van der Waals surface area contributed by atoms with Crippen LogP contribution in [0.25, 0.3) is 0 Å². The van der Waals surface area contributed by atoms with E-state index < -0.39 is 35.0 Å². The van der Waals surface area contributed by atoms with Crippen LogP contribution in [0.4, 0.5) is 4.79 Å². The Kier molecular flexibility index (Phi) is 5.02. The first kappa shape index (κ1) is 18.0. The molecule has 24 heavy (non-hydrogen) atoms. The van der Waals surface area contributed by atoms with Gasteiger partial charge in [0.25, 0.3) is 5.91 Å². The number of primary amides is 1. The maximum atomic E-state index is 12.0. The maximum Gasteiger partial charge on any atom is 0.412 e. The van der Waals surface area contributed by atoms with Crippen LogP contribution < -0.4 is 11.1 Å². The van der Waals surface area contributed by atoms with E-state index in [-0.39, 0.29) is 17.4 Å². The number of aliphatic imine (C=N–C) groups is 1. The lowest BCUT2D eigenvalue weighted by atomic mass is 10.2. The average Bonchev–Trinajstić information content (AvgIpc) is 2.96. The Balaban J connectivity index is 2.11. The Morgan fingerprint density at radius 2 is 2.04 bits per heavy atom. The number of methoxy groups -OCH3 is 1. The molecule has 2 atom stereocenters. The molecule has 0 saturated carbocycles. The first-order valence-electron chi connectivity index (χ1n) is 7.07. The Morgan fingerprint density at radius 3 is 2.58 bits per heavy atom. The Bertz CT molecular complexity index is 627. The third-order valence-corrected chi connectivity index (χ3v) is 4.10. The first-order valence-corrected chi connectivity index (χ1v) is 7.95. The van der Waals surface area contributed by atoms with Crippen molar-refractivity contribution in [3.05, 3.63) is 0 Å². The van der Waals surface area contributed by atoms with Gasteiger partial charge in [-0.1, -0.05) is 11.8 Å². The quantitative estimate of drug-likeness (QED) is 0.658. The van der Waals surface area contributed by atoms with Crippen molar-refractivity contribution >= 4 is 40.6 Å². The molecule has 2 aliphatic rings. The summed E-state index contributed by atoms with van der Waals surface area (Å²) in [5.41, 5.74) is 4.71. The predicted molar refractivity (Wildman–Crippen MR) is 87.3 cm³/mol. The number of amides is 2. The molecule has 2 rings (SSSR count). The second-order valence-electron chi connectivity index (χ2n) is 6.04. The monoisotopic (exact) mass is 357 g/mol. The van der Waals surface area contributed by atoms with Crippen LogP contribution in [0.1, 0.15) is 20.8 Å². The number of fused-ring (bicyclic) bond motifs is 1. The average molecular weight is 357 g/mol. The number of amidine groups is 1. The Morgan fingerprint density at radius 1 is 1.38 bits per heavy atom. The highest BCUT2D eigenvalue weighted by molar-refractivity contribution is 8.14. The molecule has 0 fully saturated rings. The molecular weight excluding hydrogens is 338 g/mol. The van der Waals surface area contributed by atoms with E-state index in [0.29, 0.717) is 0 Å². The number of ether oxygens (including phenoxy) is 2. The Hall–Kier alpha value is -2.30. The van der Waals surface area contributed by atoms with E-state index in [4.69, 9.17) is 10.5 Å². The number of nitrogens with zero attached hydrogens (tertiary/aromatic N) is 3. The van der Waals surface area contributed by atoms with Gasteiger partial charge < -0.3 is 15.2 Å². The van der Waals surface area contributed by atoms with E-state index in [1.807, 2.05) is 0 Å². The van der Waals surface area contributed by atoms with Gasteiger partial charge in [-0.2, -0.15) is 5.10 Å². The van der Waals surface area contributed by atoms with Gasteiger partial charge in [-0.05, 0) is 20.8 Å². The summed E-state index contributed by atoms with van der Waals surface area (Å²) in [6, 6.07) is -0.665. The number of hydrogen-bond donors (Lipinski definition) is 2. The fraction of sp³-hybridized carbons (Fsp3) is 0.615. The molecule has 0 aromatic rings. The molecule has 2 unspecified atom stereocenters. The standard InChI is InChI=1S/C13H19N5O5S/c1-13(2,3)23-6(19)5-18-10-8(7(17-18)9(14)20)15-11(24-10)16-12(21)22-4/h8,10H,5H2,1-4H3,(H2,14,20)(H,15,16,21). The lowest BCUT2D eigenvalue weighted by molar-refractivity contribution is -0.156. The zero-order valence-electron chi connectivity index (χ0n) is 13.7. The van der Waals surface area contributed by atoms with Crippen LogP contribution in [0.5, 0.6) is 0 Å². The molecule has 0 aliphatic carbocycles. The number of carbonyl (C=O) groups is 3. The molecule has 0 aromatic heterocycles. The van der Waals surface area contributed by atoms with Crippen molar-refractivity contribution in [1.29, 1.82) is 0 Å². The van der Waals surface area contributed by atoms with E-state index >= 15 is 0 Å². The summed E-state index contributed by atoms with van der Waals surface area (Å²) in [4.78, 5) is 39.0. The normalized spacial score (nSPS) is 22.4. The van der Waals surface area contributed by atoms with E-state index in [1.165, 1.54) is 12.1 Å². The zero-order valence-corrected chi connectivity index (χ0v) is 14.5. The second-order valence-corrected chi connectivity index (χ2v) is 7.14. The molecule has 3 N–H and O–H groups in total. The van der Waals surface area contributed by atoms with Crippen molar-refractivity contribution in [2.45, 2.75) is 37.8 Å². The number of hydrazone groups is 1. The van der Waals surface area contributed by atoms with Gasteiger partial charge in [0, 0.05) is 0 Å². The van der Waals surface area contributed by atoms with Crippen LogP contribution in [-0.4, -0.2) is 64.5 Å². The summed E-state index contributed by atoms with van der Waals surface area (Å²) in [5.74, 6) is -1.23. The van der Waals surface area contributed by atoms with Gasteiger partial charge in [0.2, 0.25) is 0 Å². The van der Waals surface area contributed by atoms with Crippen LogP contribution >= 0.6 is 11.8 Å². The Labute approximate surface area is 142 Å². The number of carbonyl (C=O) groups excluding carboxylic acids is 3. The summed E-state index contributed by atoms with van der Waals surface area (Å²) in [5, 5.41) is 7.70. The number of nitrogens with one attached hydrogen (secondary N) is 1. The van der Waals surface area contributed by atoms with Gasteiger partial charge in [-0.15, -0.1) is 0 Å². The molecule has 0 aromatic carbocycles. The van der Waals surface area contributed by atoms with Gasteiger partial charge in [0.15, 0.2) is 10.9 Å². The lowest BCUT2D eigenvalue weighted by Crippen LogP contribution is -2.38. The van der Waals surface area contributed by atoms with Gasteiger partial charge in [-0.25, -0.2) is 9.79 Å².